The van der Waals surface area contributed by atoms with Gasteiger partial charge in [-0.3, -0.25) is 0 Å². The van der Waals surface area contributed by atoms with Crippen molar-refractivity contribution in [3.8, 4) is 11.5 Å². The zero-order valence-electron chi connectivity index (χ0n) is 17.4. The molecule has 1 unspecified atom stereocenters. The number of guanidine groups is 1. The second-order valence-corrected chi connectivity index (χ2v) is 8.75. The van der Waals surface area contributed by atoms with Crippen molar-refractivity contribution in [1.29, 1.82) is 0 Å². The fourth-order valence-corrected chi connectivity index (χ4v) is 3.11. The first-order valence-corrected chi connectivity index (χ1v) is 11.4. The molecule has 1 aromatic carbocycles. The molecular formula is C19H34IN3O4S. The lowest BCUT2D eigenvalue weighted by Gasteiger charge is -2.17. The van der Waals surface area contributed by atoms with Gasteiger partial charge in [0, 0.05) is 18.8 Å². The van der Waals surface area contributed by atoms with Gasteiger partial charge in [0.1, 0.15) is 9.84 Å². The smallest absolute Gasteiger partial charge is 0.191 e. The molecule has 0 spiro atoms. The largest absolute Gasteiger partial charge is 0.493 e. The number of ether oxygens (including phenoxy) is 2. The second kappa shape index (κ2) is 13.9. The number of methoxy groups -OCH3 is 1. The number of halogens is 1. The van der Waals surface area contributed by atoms with Crippen LogP contribution in [0.15, 0.2) is 23.2 Å². The topological polar surface area (TPSA) is 89.0 Å². The lowest BCUT2D eigenvalue weighted by Crippen LogP contribution is -2.42. The van der Waals surface area contributed by atoms with Gasteiger partial charge in [-0.05, 0) is 44.4 Å². The monoisotopic (exact) mass is 527 g/mol. The van der Waals surface area contributed by atoms with E-state index in [1.54, 1.807) is 7.11 Å². The van der Waals surface area contributed by atoms with Crippen molar-refractivity contribution >= 4 is 39.8 Å². The maximum atomic E-state index is 11.3. The van der Waals surface area contributed by atoms with E-state index in [-0.39, 0.29) is 35.8 Å². The van der Waals surface area contributed by atoms with Gasteiger partial charge in [0.2, 0.25) is 0 Å². The predicted molar refractivity (Wildman–Crippen MR) is 126 cm³/mol. The molecule has 2 N–H and O–H groups in total. The van der Waals surface area contributed by atoms with Gasteiger partial charge in [0.05, 0.1) is 26.0 Å². The van der Waals surface area contributed by atoms with Crippen molar-refractivity contribution in [3.63, 3.8) is 0 Å². The molecule has 0 fully saturated rings. The van der Waals surface area contributed by atoms with Crippen LogP contribution >= 0.6 is 24.0 Å². The number of nitrogens with zero attached hydrogens (tertiary/aromatic N) is 1. The Labute approximate surface area is 186 Å². The maximum absolute atomic E-state index is 11.3. The summed E-state index contributed by atoms with van der Waals surface area (Å²) in [5, 5.41) is 6.43. The van der Waals surface area contributed by atoms with Crippen LogP contribution in [0.25, 0.3) is 0 Å². The van der Waals surface area contributed by atoms with Crippen molar-refractivity contribution in [3.05, 3.63) is 23.8 Å². The van der Waals surface area contributed by atoms with Crippen molar-refractivity contribution in [2.24, 2.45) is 4.99 Å². The van der Waals surface area contributed by atoms with Crippen molar-refractivity contribution in [1.82, 2.24) is 10.6 Å². The summed E-state index contributed by atoms with van der Waals surface area (Å²) in [7, 11) is -1.35. The highest BCUT2D eigenvalue weighted by Gasteiger charge is 2.10. The van der Waals surface area contributed by atoms with Crippen LogP contribution in [-0.2, 0) is 16.4 Å². The Morgan fingerprint density at radius 3 is 2.54 bits per heavy atom. The van der Waals surface area contributed by atoms with Gasteiger partial charge in [0.25, 0.3) is 0 Å². The molecule has 0 bridgehead atoms. The minimum atomic E-state index is -2.97. The number of sulfone groups is 1. The third-order valence-corrected chi connectivity index (χ3v) is 4.74. The fourth-order valence-electron chi connectivity index (χ4n) is 2.33. The highest BCUT2D eigenvalue weighted by Crippen LogP contribution is 2.28. The van der Waals surface area contributed by atoms with Crippen LogP contribution in [0, 0.1) is 0 Å². The summed E-state index contributed by atoms with van der Waals surface area (Å²) in [6, 6.07) is 5.78. The number of hydrogen-bond acceptors (Lipinski definition) is 5. The summed E-state index contributed by atoms with van der Waals surface area (Å²) >= 11 is 0. The van der Waals surface area contributed by atoms with Gasteiger partial charge in [-0.15, -0.1) is 24.0 Å². The number of nitrogens with one attached hydrogen (secondary N) is 2. The Bertz CT molecular complexity index is 711. The lowest BCUT2D eigenvalue weighted by molar-refractivity contribution is 0.294. The number of hydrogen-bond donors (Lipinski definition) is 2. The summed E-state index contributed by atoms with van der Waals surface area (Å²) < 4.78 is 33.7. The Balaban J connectivity index is 0.00000729. The Kier molecular flexibility index (Phi) is 13.3. The summed E-state index contributed by atoms with van der Waals surface area (Å²) in [6.45, 7) is 7.83. The molecule has 0 aliphatic carbocycles. The highest BCUT2D eigenvalue weighted by molar-refractivity contribution is 14.0. The van der Waals surface area contributed by atoms with Crippen LogP contribution in [0.3, 0.4) is 0 Å². The van der Waals surface area contributed by atoms with E-state index >= 15 is 0 Å². The third kappa shape index (κ3) is 10.9. The standard InChI is InChI=1S/C19H33N3O4S.HI/c1-6-11-26-17-9-8-16(13-18(17)25-4)14-21-19(20-7-2)22-15(3)10-12-27(5,23)24;/h8-9,13,15H,6-7,10-12,14H2,1-5H3,(H2,20,21,22);1H. The van der Waals surface area contributed by atoms with Gasteiger partial charge in [-0.25, -0.2) is 13.4 Å². The van der Waals surface area contributed by atoms with Gasteiger partial charge < -0.3 is 20.1 Å². The SMILES string of the molecule is CCCOc1ccc(CN=C(NCC)NC(C)CCS(C)(=O)=O)cc1OC.I. The summed E-state index contributed by atoms with van der Waals surface area (Å²) in [5.41, 5.74) is 0.997. The molecule has 0 radical (unpaired) electrons. The van der Waals surface area contributed by atoms with Crippen molar-refractivity contribution < 1.29 is 17.9 Å². The first kappa shape index (κ1) is 26.8. The van der Waals surface area contributed by atoms with Gasteiger partial charge in [-0.2, -0.15) is 0 Å². The highest BCUT2D eigenvalue weighted by atomic mass is 127. The Morgan fingerprint density at radius 2 is 1.96 bits per heavy atom. The van der Waals surface area contributed by atoms with Crippen LogP contribution < -0.4 is 20.1 Å². The van der Waals surface area contributed by atoms with Crippen LogP contribution in [-0.4, -0.2) is 52.7 Å². The van der Waals surface area contributed by atoms with Crippen LogP contribution in [0.4, 0.5) is 0 Å². The van der Waals surface area contributed by atoms with Gasteiger partial charge >= 0.3 is 0 Å². The quantitative estimate of drug-likeness (QED) is 0.262. The first-order valence-electron chi connectivity index (χ1n) is 9.31. The van der Waals surface area contributed by atoms with Crippen LogP contribution in [0.5, 0.6) is 11.5 Å². The van der Waals surface area contributed by atoms with E-state index in [0.717, 1.165) is 24.3 Å². The molecule has 28 heavy (non-hydrogen) atoms. The van der Waals surface area contributed by atoms with E-state index in [0.29, 0.717) is 31.3 Å². The molecular weight excluding hydrogens is 493 g/mol. The van der Waals surface area contributed by atoms with Gasteiger partial charge in [0.15, 0.2) is 17.5 Å². The maximum Gasteiger partial charge on any atom is 0.191 e. The Hall–Kier alpha value is -1.23. The van der Waals surface area contributed by atoms with E-state index < -0.39 is 9.84 Å². The third-order valence-electron chi connectivity index (χ3n) is 3.76. The predicted octanol–water partition coefficient (Wildman–Crippen LogP) is 2.98. The van der Waals surface area contributed by atoms with Gasteiger partial charge in [-0.1, -0.05) is 13.0 Å². The summed E-state index contributed by atoms with van der Waals surface area (Å²) in [4.78, 5) is 4.58. The van der Waals surface area contributed by atoms with Crippen molar-refractivity contribution in [2.45, 2.75) is 46.2 Å². The molecule has 0 aromatic heterocycles. The van der Waals surface area contributed by atoms with E-state index in [1.165, 1.54) is 6.26 Å². The number of benzene rings is 1. The zero-order valence-corrected chi connectivity index (χ0v) is 20.6. The van der Waals surface area contributed by atoms with E-state index in [2.05, 4.69) is 22.5 Å². The molecule has 0 amide bonds. The molecule has 1 atom stereocenters. The molecule has 0 aliphatic rings. The molecule has 7 nitrogen and oxygen atoms in total. The van der Waals surface area contributed by atoms with Crippen LogP contribution in [0.2, 0.25) is 0 Å². The molecule has 1 rings (SSSR count). The normalized spacial score (nSPS) is 12.7. The summed E-state index contributed by atoms with van der Waals surface area (Å²) in [6.07, 6.45) is 2.71. The minimum Gasteiger partial charge on any atom is -0.493 e. The van der Waals surface area contributed by atoms with Crippen LogP contribution in [0.1, 0.15) is 39.2 Å². The second-order valence-electron chi connectivity index (χ2n) is 6.49. The minimum absolute atomic E-state index is 0. The Morgan fingerprint density at radius 1 is 1.25 bits per heavy atom. The first-order chi connectivity index (χ1) is 12.8. The molecule has 0 saturated carbocycles. The lowest BCUT2D eigenvalue weighted by atomic mass is 10.2. The van der Waals surface area contributed by atoms with E-state index in [9.17, 15) is 8.42 Å². The summed E-state index contributed by atoms with van der Waals surface area (Å²) in [5.74, 6) is 2.22. The average Bonchev–Trinajstić information content (AvgIpc) is 2.62. The van der Waals surface area contributed by atoms with E-state index in [4.69, 9.17) is 9.47 Å². The molecule has 0 saturated heterocycles. The number of rotatable bonds is 11. The van der Waals surface area contributed by atoms with E-state index in [1.807, 2.05) is 32.0 Å². The molecule has 9 heteroatoms. The molecule has 1 aromatic rings. The van der Waals surface area contributed by atoms with Crippen molar-refractivity contribution in [2.75, 3.05) is 32.3 Å². The molecule has 162 valence electrons. The molecule has 0 aliphatic heterocycles. The average molecular weight is 527 g/mol. The molecule has 0 heterocycles. The number of aliphatic imine (C=N–C) groups is 1. The fraction of sp³-hybridized carbons (Fsp3) is 0.632. The zero-order chi connectivity index (χ0) is 20.3.